The van der Waals surface area contributed by atoms with Crippen LogP contribution < -0.4 is 19.6 Å². The van der Waals surface area contributed by atoms with E-state index in [1.807, 2.05) is 19.1 Å². The third-order valence-corrected chi connectivity index (χ3v) is 4.96. The Morgan fingerprint density at radius 1 is 1.11 bits per heavy atom. The molecule has 2 aromatic heterocycles. The molecule has 0 atom stereocenters. The molecule has 2 N–H and O–H groups in total. The van der Waals surface area contributed by atoms with Crippen LogP contribution in [0, 0.1) is 6.92 Å². The first-order chi connectivity index (χ1) is 13.5. The Morgan fingerprint density at radius 3 is 2.46 bits per heavy atom. The van der Waals surface area contributed by atoms with E-state index in [4.69, 9.17) is 14.2 Å². The average Bonchev–Trinajstić information content (AvgIpc) is 3.36. The molecule has 1 amide bonds. The molecule has 0 fully saturated rings. The number of benzene rings is 1. The van der Waals surface area contributed by atoms with E-state index in [0.29, 0.717) is 22.8 Å². The zero-order chi connectivity index (χ0) is 20.1. The van der Waals surface area contributed by atoms with Gasteiger partial charge in [0.15, 0.2) is 17.2 Å². The smallest absolute Gasteiger partial charge is 0.291 e. The number of hydrogen-bond acceptors (Lipinski definition) is 7. The van der Waals surface area contributed by atoms with Crippen LogP contribution in [0.2, 0.25) is 0 Å². The van der Waals surface area contributed by atoms with Crippen molar-refractivity contribution >= 4 is 23.5 Å². The first-order valence-electron chi connectivity index (χ1n) is 8.31. The van der Waals surface area contributed by atoms with Gasteiger partial charge in [0.1, 0.15) is 5.75 Å². The summed E-state index contributed by atoms with van der Waals surface area (Å²) < 4.78 is 15.8. The van der Waals surface area contributed by atoms with Crippen LogP contribution >= 0.6 is 11.3 Å². The van der Waals surface area contributed by atoms with E-state index in [9.17, 15) is 4.79 Å². The number of hydrogen-bond donors (Lipinski definition) is 2. The van der Waals surface area contributed by atoms with Crippen molar-refractivity contribution in [2.75, 3.05) is 21.3 Å². The monoisotopic (exact) mass is 400 g/mol. The number of methoxy groups -OCH3 is 3. The van der Waals surface area contributed by atoms with Crippen molar-refractivity contribution in [2.24, 2.45) is 5.10 Å². The molecule has 0 aliphatic heterocycles. The van der Waals surface area contributed by atoms with Gasteiger partial charge in [-0.25, -0.2) is 5.43 Å². The van der Waals surface area contributed by atoms with Crippen molar-refractivity contribution in [1.82, 2.24) is 15.6 Å². The second kappa shape index (κ2) is 8.57. The zero-order valence-electron chi connectivity index (χ0n) is 15.9. The van der Waals surface area contributed by atoms with E-state index < -0.39 is 5.91 Å². The lowest BCUT2D eigenvalue weighted by atomic mass is 10.2. The number of amides is 1. The van der Waals surface area contributed by atoms with Gasteiger partial charge in [-0.2, -0.15) is 10.2 Å². The highest BCUT2D eigenvalue weighted by Gasteiger charge is 2.13. The third-order valence-electron chi connectivity index (χ3n) is 3.92. The van der Waals surface area contributed by atoms with Crippen molar-refractivity contribution in [3.05, 3.63) is 46.5 Å². The molecule has 2 heterocycles. The van der Waals surface area contributed by atoms with Crippen LogP contribution in [0.25, 0.3) is 10.6 Å². The third kappa shape index (κ3) is 4.15. The molecular formula is C19H20N4O4S. The number of aromatic nitrogens is 2. The van der Waals surface area contributed by atoms with Gasteiger partial charge in [-0.3, -0.25) is 9.89 Å². The summed E-state index contributed by atoms with van der Waals surface area (Å²) in [6, 6.07) is 9.08. The van der Waals surface area contributed by atoms with Crippen LogP contribution in [-0.4, -0.2) is 43.6 Å². The molecule has 0 radical (unpaired) electrons. The van der Waals surface area contributed by atoms with Crippen molar-refractivity contribution in [3.63, 3.8) is 0 Å². The molecule has 0 aliphatic carbocycles. The van der Waals surface area contributed by atoms with Gasteiger partial charge in [-0.05, 0) is 31.2 Å². The molecule has 0 saturated heterocycles. The summed E-state index contributed by atoms with van der Waals surface area (Å²) >= 11 is 1.62. The topological polar surface area (TPSA) is 97.8 Å². The number of H-pyrrole nitrogens is 1. The van der Waals surface area contributed by atoms with Crippen LogP contribution in [0.4, 0.5) is 0 Å². The van der Waals surface area contributed by atoms with Crippen molar-refractivity contribution in [3.8, 4) is 27.8 Å². The van der Waals surface area contributed by atoms with Crippen LogP contribution in [-0.2, 0) is 0 Å². The number of ether oxygens (including phenoxy) is 3. The van der Waals surface area contributed by atoms with E-state index in [1.165, 1.54) is 25.3 Å². The normalized spacial score (nSPS) is 10.9. The molecule has 9 heteroatoms. The molecule has 8 nitrogen and oxygen atoms in total. The van der Waals surface area contributed by atoms with Gasteiger partial charge in [0.05, 0.1) is 38.1 Å². The molecule has 1 aromatic carbocycles. The molecule has 0 spiro atoms. The fraction of sp³-hybridized carbons (Fsp3) is 0.211. The largest absolute Gasteiger partial charge is 0.496 e. The summed E-state index contributed by atoms with van der Waals surface area (Å²) in [5, 5.41) is 10.9. The van der Waals surface area contributed by atoms with Crippen LogP contribution in [0.5, 0.6) is 17.2 Å². The van der Waals surface area contributed by atoms with E-state index >= 15 is 0 Å². The number of rotatable bonds is 7. The van der Waals surface area contributed by atoms with Crippen molar-refractivity contribution < 1.29 is 19.0 Å². The maximum Gasteiger partial charge on any atom is 0.291 e. The van der Waals surface area contributed by atoms with E-state index in [0.717, 1.165) is 10.6 Å². The van der Waals surface area contributed by atoms with Crippen molar-refractivity contribution in [1.29, 1.82) is 0 Å². The fourth-order valence-corrected chi connectivity index (χ4v) is 3.35. The molecule has 0 aliphatic rings. The van der Waals surface area contributed by atoms with Crippen LogP contribution in [0.3, 0.4) is 0 Å². The van der Waals surface area contributed by atoms with Gasteiger partial charge in [0.2, 0.25) is 0 Å². The number of nitrogens with one attached hydrogen (secondary N) is 2. The second-order valence-electron chi connectivity index (χ2n) is 5.73. The highest BCUT2D eigenvalue weighted by molar-refractivity contribution is 7.15. The summed E-state index contributed by atoms with van der Waals surface area (Å²) in [6.07, 6.45) is 1.47. The van der Waals surface area contributed by atoms with Gasteiger partial charge in [-0.15, -0.1) is 11.3 Å². The van der Waals surface area contributed by atoms with Gasteiger partial charge < -0.3 is 14.2 Å². The van der Waals surface area contributed by atoms with Gasteiger partial charge in [-0.1, -0.05) is 0 Å². The minimum absolute atomic E-state index is 0.248. The summed E-state index contributed by atoms with van der Waals surface area (Å²) in [6.45, 7) is 2.02. The summed E-state index contributed by atoms with van der Waals surface area (Å²) in [4.78, 5) is 14.5. The first-order valence-corrected chi connectivity index (χ1v) is 9.13. The maximum atomic E-state index is 12.3. The fourth-order valence-electron chi connectivity index (χ4n) is 2.51. The molecule has 3 rings (SSSR count). The second-order valence-corrected chi connectivity index (χ2v) is 7.01. The Kier molecular flexibility index (Phi) is 5.95. The maximum absolute atomic E-state index is 12.3. The van der Waals surface area contributed by atoms with E-state index in [-0.39, 0.29) is 5.69 Å². The molecule has 146 valence electrons. The number of carbonyl (C=O) groups excluding carboxylic acids is 1. The van der Waals surface area contributed by atoms with Gasteiger partial charge in [0.25, 0.3) is 5.91 Å². The quantitative estimate of drug-likeness (QED) is 0.469. The summed E-state index contributed by atoms with van der Waals surface area (Å²) in [5.74, 6) is 1.17. The van der Waals surface area contributed by atoms with Gasteiger partial charge >= 0.3 is 0 Å². The Balaban J connectivity index is 1.72. The van der Waals surface area contributed by atoms with Crippen molar-refractivity contribution in [2.45, 2.75) is 6.92 Å². The number of thiophene rings is 1. The highest BCUT2D eigenvalue weighted by Crippen LogP contribution is 2.33. The summed E-state index contributed by atoms with van der Waals surface area (Å²) in [7, 11) is 4.62. The van der Waals surface area contributed by atoms with E-state index in [2.05, 4.69) is 20.7 Å². The van der Waals surface area contributed by atoms with Crippen LogP contribution in [0.1, 0.15) is 20.9 Å². The lowest BCUT2D eigenvalue weighted by molar-refractivity contribution is 0.0950. The Labute approximate surface area is 166 Å². The lowest BCUT2D eigenvalue weighted by Gasteiger charge is -2.11. The summed E-state index contributed by atoms with van der Waals surface area (Å²) in [5.41, 5.74) is 4.11. The number of nitrogens with zero attached hydrogens (tertiary/aromatic N) is 2. The number of aromatic amines is 1. The predicted molar refractivity (Wildman–Crippen MR) is 108 cm³/mol. The Bertz CT molecular complexity index is 1010. The molecule has 0 bridgehead atoms. The van der Waals surface area contributed by atoms with Crippen LogP contribution in [0.15, 0.2) is 35.4 Å². The SMILES string of the molecule is COc1cc(OC)c(OC)cc1C=NNC(=O)c1cc(-c2ccc(C)s2)[nH]n1. The number of aryl methyl sites for hydroxylation is 1. The molecule has 0 unspecified atom stereocenters. The first kappa shape index (κ1) is 19.4. The molecule has 28 heavy (non-hydrogen) atoms. The zero-order valence-corrected chi connectivity index (χ0v) is 16.7. The highest BCUT2D eigenvalue weighted by atomic mass is 32.1. The number of carbonyl (C=O) groups is 1. The van der Waals surface area contributed by atoms with Gasteiger partial charge in [0, 0.05) is 16.5 Å². The average molecular weight is 400 g/mol. The standard InChI is InChI=1S/C19H20N4O4S/c1-11-5-6-18(28-11)13-8-14(22-21-13)19(24)23-20-10-12-7-16(26-3)17(27-4)9-15(12)25-2/h5-10H,1-4H3,(H,21,22)(H,23,24). The minimum atomic E-state index is -0.425. The lowest BCUT2D eigenvalue weighted by Crippen LogP contribution is -2.18. The predicted octanol–water partition coefficient (Wildman–Crippen LogP) is 3.24. The Morgan fingerprint density at radius 2 is 1.82 bits per heavy atom. The number of hydrazone groups is 1. The molecule has 3 aromatic rings. The Hall–Kier alpha value is -3.33. The molecular weight excluding hydrogens is 380 g/mol. The minimum Gasteiger partial charge on any atom is -0.496 e. The van der Waals surface area contributed by atoms with E-state index in [1.54, 1.807) is 36.6 Å². The molecule has 0 saturated carbocycles.